The summed E-state index contributed by atoms with van der Waals surface area (Å²) < 4.78 is 7.51. The van der Waals surface area contributed by atoms with E-state index in [4.69, 9.17) is 10.2 Å². The topological polar surface area (TPSA) is 42.4 Å². The van der Waals surface area contributed by atoms with Gasteiger partial charge in [-0.25, -0.2) is 0 Å². The quantitative estimate of drug-likeness (QED) is 0.802. The molecule has 1 aliphatic heterocycles. The summed E-state index contributed by atoms with van der Waals surface area (Å²) in [6.07, 6.45) is 6.36. The minimum Gasteiger partial charge on any atom is -0.451 e. The number of halogens is 2. The van der Waals surface area contributed by atoms with Gasteiger partial charge in [0.1, 0.15) is 5.76 Å². The minimum atomic E-state index is 0.194. The van der Waals surface area contributed by atoms with Crippen molar-refractivity contribution in [2.75, 3.05) is 13.1 Å². The van der Waals surface area contributed by atoms with Gasteiger partial charge in [-0.05, 0) is 63.7 Å². The second kappa shape index (κ2) is 7.25. The van der Waals surface area contributed by atoms with E-state index in [9.17, 15) is 0 Å². The number of rotatable bonds is 5. The van der Waals surface area contributed by atoms with Crippen molar-refractivity contribution >= 4 is 31.9 Å². The lowest BCUT2D eigenvalue weighted by atomic mass is 9.95. The van der Waals surface area contributed by atoms with Gasteiger partial charge in [0.15, 0.2) is 4.67 Å². The minimum absolute atomic E-state index is 0.194. The monoisotopic (exact) mass is 392 g/mol. The molecule has 0 spiro atoms. The molecule has 19 heavy (non-hydrogen) atoms. The first-order valence-corrected chi connectivity index (χ1v) is 8.66. The molecule has 0 bridgehead atoms. The molecule has 2 unspecified atom stereocenters. The Morgan fingerprint density at radius 3 is 2.84 bits per heavy atom. The SMILES string of the molecule is CCCC1CCCCN1C(CN)c1cc(Br)c(Br)o1. The molecule has 5 heteroatoms. The highest BCUT2D eigenvalue weighted by atomic mass is 79.9. The highest BCUT2D eigenvalue weighted by Crippen LogP contribution is 2.35. The summed E-state index contributed by atoms with van der Waals surface area (Å²) in [6, 6.07) is 2.88. The molecule has 1 aromatic rings. The lowest BCUT2D eigenvalue weighted by molar-refractivity contribution is 0.0795. The van der Waals surface area contributed by atoms with Crippen LogP contribution in [-0.2, 0) is 0 Å². The summed E-state index contributed by atoms with van der Waals surface area (Å²) in [5, 5.41) is 0. The number of nitrogens with zero attached hydrogens (tertiary/aromatic N) is 1. The van der Waals surface area contributed by atoms with Crippen LogP contribution in [0.2, 0.25) is 0 Å². The van der Waals surface area contributed by atoms with Gasteiger partial charge in [-0.2, -0.15) is 0 Å². The van der Waals surface area contributed by atoms with Crippen molar-refractivity contribution in [3.8, 4) is 0 Å². The van der Waals surface area contributed by atoms with E-state index < -0.39 is 0 Å². The summed E-state index contributed by atoms with van der Waals surface area (Å²) in [7, 11) is 0. The van der Waals surface area contributed by atoms with Gasteiger partial charge in [0, 0.05) is 12.6 Å². The van der Waals surface area contributed by atoms with Crippen LogP contribution in [0.15, 0.2) is 19.6 Å². The van der Waals surface area contributed by atoms with Gasteiger partial charge >= 0.3 is 0 Å². The molecule has 1 aliphatic rings. The number of piperidine rings is 1. The van der Waals surface area contributed by atoms with Crippen molar-refractivity contribution in [2.45, 2.75) is 51.1 Å². The van der Waals surface area contributed by atoms with Gasteiger partial charge in [-0.1, -0.05) is 19.8 Å². The maximum absolute atomic E-state index is 6.02. The van der Waals surface area contributed by atoms with Gasteiger partial charge in [-0.15, -0.1) is 0 Å². The molecular formula is C14H22Br2N2O. The fraction of sp³-hybridized carbons (Fsp3) is 0.714. The molecule has 108 valence electrons. The molecule has 2 atom stereocenters. The van der Waals surface area contributed by atoms with Crippen molar-refractivity contribution in [1.82, 2.24) is 4.90 Å². The molecule has 0 aliphatic carbocycles. The smallest absolute Gasteiger partial charge is 0.183 e. The van der Waals surface area contributed by atoms with E-state index in [1.54, 1.807) is 0 Å². The molecule has 1 fully saturated rings. The lowest BCUT2D eigenvalue weighted by Crippen LogP contribution is -2.44. The molecule has 0 aromatic carbocycles. The molecule has 0 amide bonds. The van der Waals surface area contributed by atoms with Gasteiger partial charge in [0.05, 0.1) is 10.5 Å². The van der Waals surface area contributed by atoms with E-state index >= 15 is 0 Å². The highest BCUT2D eigenvalue weighted by molar-refractivity contribution is 9.13. The first-order chi connectivity index (χ1) is 9.17. The standard InChI is InChI=1S/C14H22Br2N2O/c1-2-5-10-6-3-4-7-18(10)12(9-17)13-8-11(15)14(16)19-13/h8,10,12H,2-7,9,17H2,1H3. The summed E-state index contributed by atoms with van der Waals surface area (Å²) in [6.45, 7) is 3.99. The Hall–Kier alpha value is 0.160. The molecular weight excluding hydrogens is 372 g/mol. The molecule has 0 saturated carbocycles. The second-order valence-corrected chi connectivity index (χ2v) is 6.77. The van der Waals surface area contributed by atoms with Crippen LogP contribution < -0.4 is 5.73 Å². The number of furan rings is 1. The highest BCUT2D eigenvalue weighted by Gasteiger charge is 2.30. The third-order valence-corrected chi connectivity index (χ3v) is 5.62. The van der Waals surface area contributed by atoms with Crippen LogP contribution in [0.5, 0.6) is 0 Å². The first kappa shape index (κ1) is 15.5. The van der Waals surface area contributed by atoms with Crippen LogP contribution in [-0.4, -0.2) is 24.0 Å². The molecule has 2 heterocycles. The third kappa shape index (κ3) is 3.63. The van der Waals surface area contributed by atoms with Gasteiger partial charge < -0.3 is 10.2 Å². The van der Waals surface area contributed by atoms with Gasteiger partial charge in [0.25, 0.3) is 0 Å². The lowest BCUT2D eigenvalue weighted by Gasteiger charge is -2.40. The molecule has 1 saturated heterocycles. The Bertz CT molecular complexity index is 387. The van der Waals surface area contributed by atoms with E-state index in [1.165, 1.54) is 32.1 Å². The summed E-state index contributed by atoms with van der Waals surface area (Å²) in [5.74, 6) is 0.962. The number of hydrogen-bond acceptors (Lipinski definition) is 3. The number of likely N-dealkylation sites (tertiary alicyclic amines) is 1. The molecule has 0 radical (unpaired) electrons. The van der Waals surface area contributed by atoms with Crippen LogP contribution in [0.3, 0.4) is 0 Å². The van der Waals surface area contributed by atoms with Crippen molar-refractivity contribution in [3.63, 3.8) is 0 Å². The Balaban J connectivity index is 2.18. The number of nitrogens with two attached hydrogens (primary N) is 1. The average molecular weight is 394 g/mol. The van der Waals surface area contributed by atoms with Crippen molar-refractivity contribution in [3.05, 3.63) is 21.0 Å². The normalized spacial score (nSPS) is 22.6. The summed E-state index contributed by atoms with van der Waals surface area (Å²) >= 11 is 6.89. The fourth-order valence-electron chi connectivity index (χ4n) is 3.02. The van der Waals surface area contributed by atoms with Crippen molar-refractivity contribution < 1.29 is 4.42 Å². The molecule has 2 rings (SSSR count). The van der Waals surface area contributed by atoms with Crippen LogP contribution in [0.1, 0.15) is 50.8 Å². The van der Waals surface area contributed by atoms with Crippen LogP contribution in [0, 0.1) is 0 Å². The molecule has 3 nitrogen and oxygen atoms in total. The number of hydrogen-bond donors (Lipinski definition) is 1. The Morgan fingerprint density at radius 2 is 2.26 bits per heavy atom. The fourth-order valence-corrected chi connectivity index (χ4v) is 3.63. The van der Waals surface area contributed by atoms with E-state index in [-0.39, 0.29) is 6.04 Å². The van der Waals surface area contributed by atoms with Gasteiger partial charge in [-0.3, -0.25) is 4.90 Å². The zero-order valence-corrected chi connectivity index (χ0v) is 14.5. The second-order valence-electron chi connectivity index (χ2n) is 5.20. The van der Waals surface area contributed by atoms with Crippen molar-refractivity contribution in [1.29, 1.82) is 0 Å². The average Bonchev–Trinajstić information content (AvgIpc) is 2.73. The first-order valence-electron chi connectivity index (χ1n) is 7.07. The molecule has 1 aromatic heterocycles. The largest absolute Gasteiger partial charge is 0.451 e. The zero-order chi connectivity index (χ0) is 13.8. The van der Waals surface area contributed by atoms with Gasteiger partial charge in [0.2, 0.25) is 0 Å². The van der Waals surface area contributed by atoms with Crippen LogP contribution in [0.4, 0.5) is 0 Å². The Morgan fingerprint density at radius 1 is 1.47 bits per heavy atom. The predicted octanol–water partition coefficient (Wildman–Crippen LogP) is 4.46. The Kier molecular flexibility index (Phi) is 5.93. The molecule has 2 N–H and O–H groups in total. The van der Waals surface area contributed by atoms with Crippen LogP contribution >= 0.6 is 31.9 Å². The summed E-state index contributed by atoms with van der Waals surface area (Å²) in [4.78, 5) is 2.55. The van der Waals surface area contributed by atoms with Crippen molar-refractivity contribution in [2.24, 2.45) is 5.73 Å². The summed E-state index contributed by atoms with van der Waals surface area (Å²) in [5.41, 5.74) is 6.02. The maximum Gasteiger partial charge on any atom is 0.183 e. The Labute approximate surface area is 132 Å². The van der Waals surface area contributed by atoms with E-state index in [0.29, 0.717) is 12.6 Å². The van der Waals surface area contributed by atoms with E-state index in [2.05, 4.69) is 43.7 Å². The van der Waals surface area contributed by atoms with Crippen LogP contribution in [0.25, 0.3) is 0 Å². The maximum atomic E-state index is 6.02. The zero-order valence-electron chi connectivity index (χ0n) is 11.4. The van der Waals surface area contributed by atoms with E-state index in [0.717, 1.165) is 21.4 Å². The third-order valence-electron chi connectivity index (χ3n) is 3.91. The predicted molar refractivity (Wildman–Crippen MR) is 85.2 cm³/mol. The van der Waals surface area contributed by atoms with E-state index in [1.807, 2.05) is 6.07 Å².